The van der Waals surface area contributed by atoms with Gasteiger partial charge in [0.25, 0.3) is 10.0 Å². The Bertz CT molecular complexity index is 1730. The van der Waals surface area contributed by atoms with Crippen molar-refractivity contribution in [3.8, 4) is 0 Å². The van der Waals surface area contributed by atoms with E-state index in [-0.39, 0.29) is 39.5 Å². The Morgan fingerprint density at radius 3 is 2.04 bits per heavy atom. The van der Waals surface area contributed by atoms with Crippen LogP contribution in [0.1, 0.15) is 42.0 Å². The van der Waals surface area contributed by atoms with Gasteiger partial charge in [-0.3, -0.25) is 13.9 Å². The monoisotopic (exact) mass is 679 g/mol. The second-order valence-corrected chi connectivity index (χ2v) is 14.0. The van der Waals surface area contributed by atoms with E-state index in [9.17, 15) is 18.0 Å². The number of carbonyl (C=O) groups is 2. The summed E-state index contributed by atoms with van der Waals surface area (Å²) in [5.41, 5.74) is 3.79. The van der Waals surface area contributed by atoms with E-state index < -0.39 is 28.5 Å². The molecule has 46 heavy (non-hydrogen) atoms. The third-order valence-electron chi connectivity index (χ3n) is 7.65. The summed E-state index contributed by atoms with van der Waals surface area (Å²) in [6.45, 7) is 5.84. The summed E-state index contributed by atoms with van der Waals surface area (Å²) in [5, 5.41) is 3.39. The van der Waals surface area contributed by atoms with Crippen LogP contribution in [0.3, 0.4) is 0 Å². The molecule has 0 aliphatic carbocycles. The molecule has 0 saturated heterocycles. The molecule has 1 atom stereocenters. The Morgan fingerprint density at radius 1 is 0.804 bits per heavy atom. The predicted octanol–water partition coefficient (Wildman–Crippen LogP) is 7.36. The van der Waals surface area contributed by atoms with E-state index in [1.165, 1.54) is 35.2 Å². The minimum absolute atomic E-state index is 0.0141. The van der Waals surface area contributed by atoms with Crippen LogP contribution in [0.15, 0.2) is 102 Å². The first kappa shape index (κ1) is 35.0. The van der Waals surface area contributed by atoms with Gasteiger partial charge in [-0.1, -0.05) is 114 Å². The number of halogens is 2. The predicted molar refractivity (Wildman–Crippen MR) is 186 cm³/mol. The van der Waals surface area contributed by atoms with Crippen LogP contribution in [0.25, 0.3) is 0 Å². The highest BCUT2D eigenvalue weighted by molar-refractivity contribution is 7.92. The fraction of sp³-hybridized carbons (Fsp3) is 0.278. The lowest BCUT2D eigenvalue weighted by molar-refractivity contribution is -0.140. The van der Waals surface area contributed by atoms with Gasteiger partial charge in [-0.15, -0.1) is 0 Å². The minimum atomic E-state index is -4.25. The number of aryl methyl sites for hydroxylation is 2. The summed E-state index contributed by atoms with van der Waals surface area (Å²) in [5.74, 6) is -0.853. The van der Waals surface area contributed by atoms with Crippen LogP contribution < -0.4 is 9.62 Å². The van der Waals surface area contributed by atoms with Crippen molar-refractivity contribution < 1.29 is 18.0 Å². The lowest BCUT2D eigenvalue weighted by Gasteiger charge is -2.34. The van der Waals surface area contributed by atoms with Crippen molar-refractivity contribution in [3.63, 3.8) is 0 Å². The zero-order valence-corrected chi connectivity index (χ0v) is 28.6. The summed E-state index contributed by atoms with van der Waals surface area (Å²) in [6.07, 6.45) is 1.93. The van der Waals surface area contributed by atoms with Crippen LogP contribution in [0.2, 0.25) is 10.0 Å². The van der Waals surface area contributed by atoms with Gasteiger partial charge in [-0.2, -0.15) is 0 Å². The van der Waals surface area contributed by atoms with Crippen molar-refractivity contribution in [1.82, 2.24) is 10.2 Å². The van der Waals surface area contributed by atoms with Crippen LogP contribution in [-0.2, 0) is 32.6 Å². The van der Waals surface area contributed by atoms with E-state index in [1.807, 2.05) is 75.4 Å². The van der Waals surface area contributed by atoms with Gasteiger partial charge >= 0.3 is 0 Å². The molecule has 0 bridgehead atoms. The Morgan fingerprint density at radius 2 is 1.43 bits per heavy atom. The normalized spacial score (nSPS) is 11.9. The first-order chi connectivity index (χ1) is 22.0. The third-order valence-corrected chi connectivity index (χ3v) is 10.2. The molecular weight excluding hydrogens is 641 g/mol. The molecule has 1 N–H and O–H groups in total. The van der Waals surface area contributed by atoms with Crippen LogP contribution in [0.4, 0.5) is 5.69 Å². The van der Waals surface area contributed by atoms with Crippen molar-refractivity contribution in [1.29, 1.82) is 0 Å². The van der Waals surface area contributed by atoms with Gasteiger partial charge in [0, 0.05) is 19.5 Å². The minimum Gasteiger partial charge on any atom is -0.354 e. The number of nitrogens with zero attached hydrogens (tertiary/aromatic N) is 2. The van der Waals surface area contributed by atoms with Gasteiger partial charge in [0.15, 0.2) is 0 Å². The first-order valence-corrected chi connectivity index (χ1v) is 17.4. The molecule has 0 radical (unpaired) electrons. The number of hydrogen-bond acceptors (Lipinski definition) is 4. The van der Waals surface area contributed by atoms with Gasteiger partial charge in [0.2, 0.25) is 11.8 Å². The molecule has 0 aliphatic rings. The maximum Gasteiger partial charge on any atom is 0.264 e. The molecule has 0 aromatic heterocycles. The molecule has 2 amide bonds. The molecule has 4 aromatic carbocycles. The largest absolute Gasteiger partial charge is 0.354 e. The number of benzene rings is 4. The van der Waals surface area contributed by atoms with E-state index in [2.05, 4.69) is 5.32 Å². The van der Waals surface area contributed by atoms with Gasteiger partial charge in [0.1, 0.15) is 12.6 Å². The fourth-order valence-electron chi connectivity index (χ4n) is 4.96. The molecule has 0 spiro atoms. The van der Waals surface area contributed by atoms with Crippen molar-refractivity contribution in [2.24, 2.45) is 0 Å². The molecule has 0 fully saturated rings. The zero-order chi connectivity index (χ0) is 33.3. The molecule has 10 heteroatoms. The molecule has 7 nitrogen and oxygen atoms in total. The van der Waals surface area contributed by atoms with Gasteiger partial charge in [-0.05, 0) is 61.7 Å². The smallest absolute Gasteiger partial charge is 0.264 e. The molecule has 0 saturated carbocycles. The van der Waals surface area contributed by atoms with Crippen LogP contribution in [0, 0.1) is 13.8 Å². The topological polar surface area (TPSA) is 86.8 Å². The molecule has 0 aliphatic heterocycles. The van der Waals surface area contributed by atoms with Crippen molar-refractivity contribution in [2.75, 3.05) is 17.4 Å². The van der Waals surface area contributed by atoms with Crippen LogP contribution in [0.5, 0.6) is 0 Å². The third kappa shape index (κ3) is 9.12. The first-order valence-electron chi connectivity index (χ1n) is 15.2. The summed E-state index contributed by atoms with van der Waals surface area (Å²) in [7, 11) is -4.25. The summed E-state index contributed by atoms with van der Waals surface area (Å²) >= 11 is 12.5. The molecule has 0 heterocycles. The number of anilines is 1. The van der Waals surface area contributed by atoms with Crippen molar-refractivity contribution >= 4 is 50.7 Å². The van der Waals surface area contributed by atoms with E-state index in [4.69, 9.17) is 23.2 Å². The van der Waals surface area contributed by atoms with E-state index in [1.54, 1.807) is 12.1 Å². The standard InChI is InChI=1S/C36H39Cl2N3O4S/c1-4-5-21-39-36(43)34(22-28-9-7-6-8-10-28)40(24-29-15-11-26(2)12-16-29)35(42)25-41(30-17-20-32(37)33(38)23-30)46(44,45)31-18-13-27(3)14-19-31/h6-20,23,34H,4-5,21-22,24-25H2,1-3H3,(H,39,43)/t34-/m1/s1. The summed E-state index contributed by atoms with van der Waals surface area (Å²) < 4.78 is 29.4. The number of rotatable bonds is 14. The highest BCUT2D eigenvalue weighted by Gasteiger charge is 2.34. The fourth-order valence-corrected chi connectivity index (χ4v) is 6.66. The lowest BCUT2D eigenvalue weighted by Crippen LogP contribution is -2.53. The highest BCUT2D eigenvalue weighted by atomic mass is 35.5. The average Bonchev–Trinajstić information content (AvgIpc) is 3.04. The molecular formula is C36H39Cl2N3O4S. The molecule has 242 valence electrons. The quantitative estimate of drug-likeness (QED) is 0.141. The van der Waals surface area contributed by atoms with E-state index >= 15 is 0 Å². The van der Waals surface area contributed by atoms with Crippen LogP contribution in [-0.4, -0.2) is 44.3 Å². The summed E-state index contributed by atoms with van der Waals surface area (Å²) in [6, 6.07) is 27.1. The van der Waals surface area contributed by atoms with Gasteiger partial charge < -0.3 is 10.2 Å². The zero-order valence-electron chi connectivity index (χ0n) is 26.2. The van der Waals surface area contributed by atoms with Crippen molar-refractivity contribution in [3.05, 3.63) is 129 Å². The van der Waals surface area contributed by atoms with Gasteiger partial charge in [-0.25, -0.2) is 8.42 Å². The number of sulfonamides is 1. The molecule has 0 unspecified atom stereocenters. The SMILES string of the molecule is CCCCNC(=O)[C@@H](Cc1ccccc1)N(Cc1ccc(C)cc1)C(=O)CN(c1ccc(Cl)c(Cl)c1)S(=O)(=O)c1ccc(C)cc1. The maximum absolute atomic E-state index is 14.5. The Kier molecular flexibility index (Phi) is 12.3. The molecule has 4 rings (SSSR count). The second kappa shape index (κ2) is 16.1. The van der Waals surface area contributed by atoms with Crippen molar-refractivity contribution in [2.45, 2.75) is 57.5 Å². The number of hydrogen-bond donors (Lipinski definition) is 1. The lowest BCUT2D eigenvalue weighted by atomic mass is 10.0. The highest BCUT2D eigenvalue weighted by Crippen LogP contribution is 2.31. The van der Waals surface area contributed by atoms with E-state index in [0.29, 0.717) is 6.54 Å². The maximum atomic E-state index is 14.5. The Balaban J connectivity index is 1.80. The van der Waals surface area contributed by atoms with Crippen LogP contribution >= 0.6 is 23.2 Å². The number of carbonyl (C=O) groups excluding carboxylic acids is 2. The second-order valence-electron chi connectivity index (χ2n) is 11.3. The van der Waals surface area contributed by atoms with E-state index in [0.717, 1.165) is 39.4 Å². The Hall–Kier alpha value is -3.85. The Labute approximate surface area is 282 Å². The average molecular weight is 681 g/mol. The summed E-state index contributed by atoms with van der Waals surface area (Å²) in [4.78, 5) is 29.9. The number of nitrogens with one attached hydrogen (secondary N) is 1. The van der Waals surface area contributed by atoms with Gasteiger partial charge in [0.05, 0.1) is 20.6 Å². The number of amides is 2. The number of unbranched alkanes of at least 4 members (excludes halogenated alkanes) is 1. The molecule has 4 aromatic rings.